The fourth-order valence-electron chi connectivity index (χ4n) is 2.44. The molecule has 5 heteroatoms. The Bertz CT molecular complexity index is 421. The molecule has 0 aliphatic heterocycles. The third-order valence-electron chi connectivity index (χ3n) is 3.56. The second-order valence-corrected chi connectivity index (χ2v) is 5.02. The van der Waals surface area contributed by atoms with Crippen molar-refractivity contribution in [1.82, 2.24) is 15.3 Å². The molecule has 2 unspecified atom stereocenters. The van der Waals surface area contributed by atoms with Crippen molar-refractivity contribution in [2.24, 2.45) is 5.92 Å². The Morgan fingerprint density at radius 3 is 2.89 bits per heavy atom. The first-order valence-electron chi connectivity index (χ1n) is 6.55. The van der Waals surface area contributed by atoms with Gasteiger partial charge in [0.2, 0.25) is 0 Å². The molecule has 0 radical (unpaired) electrons. The van der Waals surface area contributed by atoms with Gasteiger partial charge in [-0.3, -0.25) is 9.78 Å². The van der Waals surface area contributed by atoms with E-state index in [0.717, 1.165) is 6.42 Å². The van der Waals surface area contributed by atoms with E-state index >= 15 is 0 Å². The molecule has 0 spiro atoms. The molecule has 3 N–H and O–H groups in total. The first kappa shape index (κ1) is 12.8. The minimum atomic E-state index is -0.173. The molecule has 1 fully saturated rings. The van der Waals surface area contributed by atoms with Gasteiger partial charge in [0.05, 0.1) is 12.4 Å². The topological polar surface area (TPSA) is 80.9 Å². The van der Waals surface area contributed by atoms with Gasteiger partial charge in [-0.2, -0.15) is 0 Å². The molecule has 1 aliphatic rings. The summed E-state index contributed by atoms with van der Waals surface area (Å²) in [5, 5.41) is 3.06. The van der Waals surface area contributed by atoms with Gasteiger partial charge in [0.25, 0.3) is 5.91 Å². The zero-order valence-electron chi connectivity index (χ0n) is 10.7. The maximum atomic E-state index is 12.1. The number of carbonyl (C=O) groups excluding carboxylic acids is 1. The number of nitrogens with zero attached hydrogens (tertiary/aromatic N) is 2. The third-order valence-corrected chi connectivity index (χ3v) is 3.56. The Morgan fingerprint density at radius 1 is 1.33 bits per heavy atom. The van der Waals surface area contributed by atoms with Crippen LogP contribution in [-0.2, 0) is 0 Å². The van der Waals surface area contributed by atoms with E-state index in [4.69, 9.17) is 5.73 Å². The summed E-state index contributed by atoms with van der Waals surface area (Å²) in [7, 11) is 0. The number of aromatic nitrogens is 2. The predicted molar refractivity (Wildman–Crippen MR) is 69.9 cm³/mol. The summed E-state index contributed by atoms with van der Waals surface area (Å²) in [6.45, 7) is 2.20. The zero-order chi connectivity index (χ0) is 13.0. The molecule has 18 heavy (non-hydrogen) atoms. The Balaban J connectivity index is 2.01. The van der Waals surface area contributed by atoms with Crippen molar-refractivity contribution in [3.8, 4) is 0 Å². The zero-order valence-corrected chi connectivity index (χ0v) is 10.7. The van der Waals surface area contributed by atoms with Gasteiger partial charge in [-0.1, -0.05) is 26.2 Å². The number of rotatable bonds is 2. The molecule has 1 saturated carbocycles. The van der Waals surface area contributed by atoms with E-state index in [0.29, 0.717) is 11.6 Å². The Hall–Kier alpha value is -1.65. The van der Waals surface area contributed by atoms with E-state index in [2.05, 4.69) is 22.2 Å². The van der Waals surface area contributed by atoms with Crippen LogP contribution in [0.4, 0.5) is 5.82 Å². The van der Waals surface area contributed by atoms with Crippen LogP contribution < -0.4 is 11.1 Å². The normalized spacial score (nSPS) is 24.3. The fourth-order valence-corrected chi connectivity index (χ4v) is 2.44. The minimum Gasteiger partial charge on any atom is -0.382 e. The molecule has 1 aromatic heterocycles. The third kappa shape index (κ3) is 3.18. The van der Waals surface area contributed by atoms with Crippen LogP contribution in [0.5, 0.6) is 0 Å². The van der Waals surface area contributed by atoms with E-state index in [1.807, 2.05) is 0 Å². The van der Waals surface area contributed by atoms with Gasteiger partial charge in [0.1, 0.15) is 11.5 Å². The molecule has 0 aromatic carbocycles. The van der Waals surface area contributed by atoms with Crippen molar-refractivity contribution in [3.05, 3.63) is 18.1 Å². The maximum absolute atomic E-state index is 12.1. The van der Waals surface area contributed by atoms with Crippen LogP contribution in [0, 0.1) is 5.92 Å². The lowest BCUT2D eigenvalue weighted by atomic mass is 9.97. The van der Waals surface area contributed by atoms with E-state index in [9.17, 15) is 4.79 Å². The summed E-state index contributed by atoms with van der Waals surface area (Å²) >= 11 is 0. The smallest absolute Gasteiger partial charge is 0.271 e. The number of hydrogen-bond acceptors (Lipinski definition) is 4. The van der Waals surface area contributed by atoms with Crippen molar-refractivity contribution in [2.45, 2.75) is 45.1 Å². The van der Waals surface area contributed by atoms with Gasteiger partial charge in [-0.05, 0) is 18.8 Å². The molecule has 0 bridgehead atoms. The average molecular weight is 248 g/mol. The highest BCUT2D eigenvalue weighted by atomic mass is 16.1. The van der Waals surface area contributed by atoms with Crippen molar-refractivity contribution >= 4 is 11.7 Å². The van der Waals surface area contributed by atoms with E-state index in [1.165, 1.54) is 38.1 Å². The summed E-state index contributed by atoms with van der Waals surface area (Å²) in [6.07, 6.45) is 8.80. The Kier molecular flexibility index (Phi) is 4.12. The molecule has 1 amide bonds. The number of hydrogen-bond donors (Lipinski definition) is 2. The SMILES string of the molecule is CC1CCCCCC1NC(=O)c1cncc(N)n1. The van der Waals surface area contributed by atoms with Crippen LogP contribution in [0.1, 0.15) is 49.5 Å². The molecule has 0 saturated heterocycles. The Morgan fingerprint density at radius 2 is 2.11 bits per heavy atom. The lowest BCUT2D eigenvalue weighted by molar-refractivity contribution is 0.0916. The van der Waals surface area contributed by atoms with Crippen molar-refractivity contribution in [1.29, 1.82) is 0 Å². The van der Waals surface area contributed by atoms with Gasteiger partial charge in [-0.25, -0.2) is 4.98 Å². The second kappa shape index (κ2) is 5.80. The van der Waals surface area contributed by atoms with Gasteiger partial charge >= 0.3 is 0 Å². The number of nitrogen functional groups attached to an aromatic ring is 1. The van der Waals surface area contributed by atoms with Crippen molar-refractivity contribution < 1.29 is 4.79 Å². The number of nitrogens with one attached hydrogen (secondary N) is 1. The molecule has 98 valence electrons. The molecule has 2 rings (SSSR count). The Labute approximate surface area is 107 Å². The summed E-state index contributed by atoms with van der Waals surface area (Å²) in [5.41, 5.74) is 5.83. The quantitative estimate of drug-likeness (QED) is 0.781. The van der Waals surface area contributed by atoms with Crippen LogP contribution in [0.25, 0.3) is 0 Å². The van der Waals surface area contributed by atoms with Crippen LogP contribution >= 0.6 is 0 Å². The van der Waals surface area contributed by atoms with Crippen molar-refractivity contribution in [2.75, 3.05) is 5.73 Å². The maximum Gasteiger partial charge on any atom is 0.271 e. The monoisotopic (exact) mass is 248 g/mol. The fraction of sp³-hybridized carbons (Fsp3) is 0.615. The minimum absolute atomic E-state index is 0.173. The van der Waals surface area contributed by atoms with Gasteiger partial charge in [0, 0.05) is 6.04 Å². The van der Waals surface area contributed by atoms with Crippen LogP contribution in [0.2, 0.25) is 0 Å². The van der Waals surface area contributed by atoms with E-state index in [-0.39, 0.29) is 17.8 Å². The van der Waals surface area contributed by atoms with Crippen LogP contribution in [0.3, 0.4) is 0 Å². The second-order valence-electron chi connectivity index (χ2n) is 5.02. The van der Waals surface area contributed by atoms with Gasteiger partial charge in [-0.15, -0.1) is 0 Å². The highest BCUT2D eigenvalue weighted by Gasteiger charge is 2.22. The number of amides is 1. The summed E-state index contributed by atoms with van der Waals surface area (Å²) in [5.74, 6) is 0.621. The molecule has 2 atom stereocenters. The molecular formula is C13H20N4O. The summed E-state index contributed by atoms with van der Waals surface area (Å²) < 4.78 is 0. The average Bonchev–Trinajstić information content (AvgIpc) is 2.55. The molecule has 1 heterocycles. The molecule has 1 aliphatic carbocycles. The predicted octanol–water partition coefficient (Wildman–Crippen LogP) is 1.76. The number of anilines is 1. The van der Waals surface area contributed by atoms with Crippen LogP contribution in [-0.4, -0.2) is 21.9 Å². The first-order chi connectivity index (χ1) is 8.66. The highest BCUT2D eigenvalue weighted by molar-refractivity contribution is 5.92. The number of carbonyl (C=O) groups is 1. The largest absolute Gasteiger partial charge is 0.382 e. The van der Waals surface area contributed by atoms with E-state index < -0.39 is 0 Å². The molecule has 5 nitrogen and oxygen atoms in total. The standard InChI is InChI=1S/C13H20N4O/c1-9-5-3-2-4-6-10(9)17-13(18)11-7-15-8-12(14)16-11/h7-10H,2-6H2,1H3,(H2,14,16)(H,17,18). The summed E-state index contributed by atoms with van der Waals surface area (Å²) in [6, 6.07) is 0.239. The van der Waals surface area contributed by atoms with Crippen molar-refractivity contribution in [3.63, 3.8) is 0 Å². The molecular weight excluding hydrogens is 228 g/mol. The summed E-state index contributed by atoms with van der Waals surface area (Å²) in [4.78, 5) is 19.9. The number of nitrogens with two attached hydrogens (primary N) is 1. The van der Waals surface area contributed by atoms with E-state index in [1.54, 1.807) is 0 Å². The lowest BCUT2D eigenvalue weighted by Crippen LogP contribution is -2.39. The van der Waals surface area contributed by atoms with Crippen LogP contribution in [0.15, 0.2) is 12.4 Å². The lowest BCUT2D eigenvalue weighted by Gasteiger charge is -2.22. The van der Waals surface area contributed by atoms with Gasteiger partial charge in [0.15, 0.2) is 0 Å². The first-order valence-corrected chi connectivity index (χ1v) is 6.55. The molecule has 1 aromatic rings. The highest BCUT2D eigenvalue weighted by Crippen LogP contribution is 2.23. The van der Waals surface area contributed by atoms with Gasteiger partial charge < -0.3 is 11.1 Å².